The molecule has 1 N–H and O–H groups in total. The van der Waals surface area contributed by atoms with E-state index in [1.54, 1.807) is 26.0 Å². The first kappa shape index (κ1) is 18.6. The lowest BCUT2D eigenvalue weighted by molar-refractivity contribution is 0.0936. The molecule has 0 spiro atoms. The molecule has 1 atom stereocenters. The van der Waals surface area contributed by atoms with Gasteiger partial charge in [0.1, 0.15) is 0 Å². The van der Waals surface area contributed by atoms with Crippen LogP contribution in [0.5, 0.6) is 0 Å². The summed E-state index contributed by atoms with van der Waals surface area (Å²) >= 11 is 0. The first-order valence-corrected chi connectivity index (χ1v) is 10.4. The summed E-state index contributed by atoms with van der Waals surface area (Å²) in [5.41, 5.74) is 2.77. The Morgan fingerprint density at radius 2 is 1.85 bits per heavy atom. The largest absolute Gasteiger partial charge is 0.345 e. The maximum Gasteiger partial charge on any atom is 0.251 e. The molecule has 6 heteroatoms. The molecule has 0 saturated heterocycles. The Morgan fingerprint density at radius 1 is 1.12 bits per heavy atom. The minimum Gasteiger partial charge on any atom is -0.345 e. The summed E-state index contributed by atoms with van der Waals surface area (Å²) in [5, 5.41) is 3.04. The Balaban J connectivity index is 1.82. The Hall–Kier alpha value is -2.18. The van der Waals surface area contributed by atoms with E-state index >= 15 is 0 Å². The summed E-state index contributed by atoms with van der Waals surface area (Å²) in [5.74, 6) is -0.247. The number of hydrogen-bond donors (Lipinski definition) is 1. The van der Waals surface area contributed by atoms with Crippen molar-refractivity contribution in [1.29, 1.82) is 0 Å². The Kier molecular flexibility index (Phi) is 5.44. The monoisotopic (exact) mass is 372 g/mol. The van der Waals surface area contributed by atoms with Crippen LogP contribution in [0.1, 0.15) is 47.8 Å². The van der Waals surface area contributed by atoms with Crippen molar-refractivity contribution in [3.63, 3.8) is 0 Å². The molecule has 0 aromatic heterocycles. The van der Waals surface area contributed by atoms with Crippen LogP contribution in [0.3, 0.4) is 0 Å². The van der Waals surface area contributed by atoms with Crippen LogP contribution in [-0.4, -0.2) is 31.7 Å². The second-order valence-corrected chi connectivity index (χ2v) is 8.32. The van der Waals surface area contributed by atoms with Crippen LogP contribution in [0.15, 0.2) is 53.4 Å². The molecule has 5 nitrogen and oxygen atoms in total. The highest BCUT2D eigenvalue weighted by molar-refractivity contribution is 7.89. The molecule has 1 unspecified atom stereocenters. The van der Waals surface area contributed by atoms with Gasteiger partial charge in [0.2, 0.25) is 10.0 Å². The second kappa shape index (κ2) is 7.60. The average molecular weight is 372 g/mol. The number of fused-ring (bicyclic) bond motifs is 1. The zero-order valence-electron chi connectivity index (χ0n) is 15.1. The van der Waals surface area contributed by atoms with Gasteiger partial charge in [0.25, 0.3) is 5.91 Å². The van der Waals surface area contributed by atoms with E-state index in [0.29, 0.717) is 18.7 Å². The van der Waals surface area contributed by atoms with E-state index in [0.717, 1.165) is 18.4 Å². The number of carbonyl (C=O) groups is 1. The fourth-order valence-corrected chi connectivity index (χ4v) is 4.96. The molecule has 26 heavy (non-hydrogen) atoms. The van der Waals surface area contributed by atoms with Gasteiger partial charge in [0.15, 0.2) is 0 Å². The van der Waals surface area contributed by atoms with Crippen molar-refractivity contribution in [2.75, 3.05) is 13.1 Å². The van der Waals surface area contributed by atoms with Gasteiger partial charge in [-0.1, -0.05) is 44.2 Å². The molecule has 0 heterocycles. The predicted octanol–water partition coefficient (Wildman–Crippen LogP) is 3.13. The molecule has 2 aromatic rings. The molecule has 138 valence electrons. The van der Waals surface area contributed by atoms with E-state index in [4.69, 9.17) is 0 Å². The molecule has 1 aliphatic rings. The van der Waals surface area contributed by atoms with Crippen LogP contribution < -0.4 is 5.32 Å². The summed E-state index contributed by atoms with van der Waals surface area (Å²) in [6.45, 7) is 4.40. The topological polar surface area (TPSA) is 66.5 Å². The van der Waals surface area contributed by atoms with Crippen molar-refractivity contribution in [3.8, 4) is 0 Å². The van der Waals surface area contributed by atoms with Crippen molar-refractivity contribution in [2.45, 2.75) is 37.6 Å². The number of aryl methyl sites for hydroxylation is 1. The molecular weight excluding hydrogens is 348 g/mol. The van der Waals surface area contributed by atoms with Crippen molar-refractivity contribution in [2.24, 2.45) is 0 Å². The highest BCUT2D eigenvalue weighted by Crippen LogP contribution is 2.31. The molecule has 3 rings (SSSR count). The zero-order chi connectivity index (χ0) is 18.7. The van der Waals surface area contributed by atoms with Gasteiger partial charge in [-0.3, -0.25) is 4.79 Å². The van der Waals surface area contributed by atoms with E-state index in [-0.39, 0.29) is 16.8 Å². The highest BCUT2D eigenvalue weighted by Gasteiger charge is 2.25. The van der Waals surface area contributed by atoms with Gasteiger partial charge in [-0.25, -0.2) is 8.42 Å². The van der Waals surface area contributed by atoms with Crippen molar-refractivity contribution < 1.29 is 13.2 Å². The minimum atomic E-state index is -3.58. The smallest absolute Gasteiger partial charge is 0.251 e. The van der Waals surface area contributed by atoms with Crippen LogP contribution in [0.2, 0.25) is 0 Å². The number of nitrogens with one attached hydrogen (secondary N) is 1. The molecule has 0 bridgehead atoms. The van der Waals surface area contributed by atoms with Crippen molar-refractivity contribution in [3.05, 3.63) is 65.2 Å². The summed E-state index contributed by atoms with van der Waals surface area (Å²) in [6.07, 6.45) is 1.81. The molecular formula is C20H24N2O3S. The fourth-order valence-electron chi connectivity index (χ4n) is 3.46. The second-order valence-electron chi connectivity index (χ2n) is 6.38. The summed E-state index contributed by atoms with van der Waals surface area (Å²) < 4.78 is 26.7. The minimum absolute atomic E-state index is 0.0262. The fraction of sp³-hybridized carbons (Fsp3) is 0.350. The Bertz CT molecular complexity index is 905. The number of benzene rings is 2. The number of rotatable bonds is 6. The van der Waals surface area contributed by atoms with Crippen LogP contribution in [0.4, 0.5) is 0 Å². The van der Waals surface area contributed by atoms with Crippen LogP contribution in [0.25, 0.3) is 0 Å². The van der Waals surface area contributed by atoms with E-state index in [1.165, 1.54) is 22.0 Å². The van der Waals surface area contributed by atoms with Gasteiger partial charge in [0.05, 0.1) is 10.9 Å². The SMILES string of the molecule is CCN(CC)S(=O)(=O)c1cccc(C(=O)NC2CCc3ccccc32)c1. The number of sulfonamides is 1. The van der Waals surface area contributed by atoms with Crippen LogP contribution in [0, 0.1) is 0 Å². The van der Waals surface area contributed by atoms with Crippen LogP contribution >= 0.6 is 0 Å². The standard InChI is InChI=1S/C20H24N2O3S/c1-3-22(4-2)26(24,25)17-10-7-9-16(14-17)20(23)21-19-13-12-15-8-5-6-11-18(15)19/h5-11,14,19H,3-4,12-13H2,1-2H3,(H,21,23). The van der Waals surface area contributed by atoms with Crippen molar-refractivity contribution >= 4 is 15.9 Å². The molecule has 0 aliphatic heterocycles. The number of amides is 1. The van der Waals surface area contributed by atoms with Gasteiger partial charge >= 0.3 is 0 Å². The van der Waals surface area contributed by atoms with Gasteiger partial charge in [-0.05, 0) is 42.2 Å². The molecule has 1 aliphatic carbocycles. The van der Waals surface area contributed by atoms with Gasteiger partial charge in [0, 0.05) is 18.7 Å². The summed E-state index contributed by atoms with van der Waals surface area (Å²) in [6, 6.07) is 14.3. The molecule has 1 amide bonds. The number of nitrogens with zero attached hydrogens (tertiary/aromatic N) is 1. The van der Waals surface area contributed by atoms with E-state index < -0.39 is 10.0 Å². The summed E-state index contributed by atoms with van der Waals surface area (Å²) in [7, 11) is -3.58. The first-order valence-electron chi connectivity index (χ1n) is 8.96. The number of hydrogen-bond acceptors (Lipinski definition) is 3. The van der Waals surface area contributed by atoms with E-state index in [9.17, 15) is 13.2 Å². The van der Waals surface area contributed by atoms with E-state index in [1.807, 2.05) is 18.2 Å². The molecule has 0 fully saturated rings. The molecule has 0 radical (unpaired) electrons. The molecule has 0 saturated carbocycles. The van der Waals surface area contributed by atoms with Gasteiger partial charge in [-0.2, -0.15) is 4.31 Å². The van der Waals surface area contributed by atoms with Crippen molar-refractivity contribution in [1.82, 2.24) is 9.62 Å². The maximum atomic E-state index is 12.7. The quantitative estimate of drug-likeness (QED) is 0.847. The van der Waals surface area contributed by atoms with Gasteiger partial charge < -0.3 is 5.32 Å². The lowest BCUT2D eigenvalue weighted by Gasteiger charge is -2.19. The third-order valence-electron chi connectivity index (χ3n) is 4.88. The third-order valence-corrected chi connectivity index (χ3v) is 6.92. The predicted molar refractivity (Wildman–Crippen MR) is 102 cm³/mol. The average Bonchev–Trinajstić information content (AvgIpc) is 3.05. The van der Waals surface area contributed by atoms with E-state index in [2.05, 4.69) is 11.4 Å². The third kappa shape index (κ3) is 3.52. The Labute approximate surface area is 155 Å². The zero-order valence-corrected chi connectivity index (χ0v) is 15.9. The molecule has 2 aromatic carbocycles. The van der Waals surface area contributed by atoms with Crippen LogP contribution in [-0.2, 0) is 16.4 Å². The normalized spacial score (nSPS) is 16.5. The highest BCUT2D eigenvalue weighted by atomic mass is 32.2. The lowest BCUT2D eigenvalue weighted by atomic mass is 10.1. The maximum absolute atomic E-state index is 12.7. The van der Waals surface area contributed by atoms with Gasteiger partial charge in [-0.15, -0.1) is 0 Å². The number of carbonyl (C=O) groups excluding carboxylic acids is 1. The Morgan fingerprint density at radius 3 is 2.58 bits per heavy atom. The summed E-state index contributed by atoms with van der Waals surface area (Å²) in [4.78, 5) is 12.8. The first-order chi connectivity index (χ1) is 12.5. The lowest BCUT2D eigenvalue weighted by Crippen LogP contribution is -2.31.